The molecule has 0 aliphatic carbocycles. The smallest absolute Gasteiger partial charge is 0.308 e. The van der Waals surface area contributed by atoms with Gasteiger partial charge in [-0.2, -0.15) is 0 Å². The van der Waals surface area contributed by atoms with Crippen LogP contribution in [0.4, 0.5) is 0 Å². The van der Waals surface area contributed by atoms with Gasteiger partial charge < -0.3 is 14.4 Å². The zero-order valence-corrected chi connectivity index (χ0v) is 13.4. The molecule has 0 spiro atoms. The fraction of sp³-hybridized carbons (Fsp3) is 0.471. The number of piperidine rings is 1. The highest BCUT2D eigenvalue weighted by atomic mass is 16.5. The van der Waals surface area contributed by atoms with Crippen LogP contribution in [0.25, 0.3) is 0 Å². The molecule has 1 heterocycles. The number of carbonyl (C=O) groups excluding carboxylic acids is 3. The fourth-order valence-electron chi connectivity index (χ4n) is 2.57. The minimum absolute atomic E-state index is 0.0494. The molecule has 6 heteroatoms. The lowest BCUT2D eigenvalue weighted by atomic mass is 9.97. The van der Waals surface area contributed by atoms with Gasteiger partial charge in [-0.15, -0.1) is 0 Å². The lowest BCUT2D eigenvalue weighted by Crippen LogP contribution is -2.42. The number of amides is 1. The van der Waals surface area contributed by atoms with Gasteiger partial charge in [-0.05, 0) is 31.9 Å². The number of ether oxygens (including phenoxy) is 2. The highest BCUT2D eigenvalue weighted by molar-refractivity contribution is 5.94. The third-order valence-electron chi connectivity index (χ3n) is 3.99. The Hall–Kier alpha value is -2.37. The van der Waals surface area contributed by atoms with E-state index in [1.165, 1.54) is 14.0 Å². The van der Waals surface area contributed by atoms with E-state index in [1.54, 1.807) is 29.2 Å². The number of hydrogen-bond acceptors (Lipinski definition) is 5. The van der Waals surface area contributed by atoms with E-state index in [0.717, 1.165) is 0 Å². The van der Waals surface area contributed by atoms with Gasteiger partial charge in [0.25, 0.3) is 5.91 Å². The van der Waals surface area contributed by atoms with Crippen molar-refractivity contribution in [3.63, 3.8) is 0 Å². The molecule has 0 atom stereocenters. The third kappa shape index (κ3) is 4.55. The number of rotatable bonds is 5. The Kier molecular flexibility index (Phi) is 5.73. The van der Waals surface area contributed by atoms with E-state index in [-0.39, 0.29) is 30.2 Å². The largest absolute Gasteiger partial charge is 0.484 e. The molecule has 124 valence electrons. The van der Waals surface area contributed by atoms with Gasteiger partial charge >= 0.3 is 5.97 Å². The van der Waals surface area contributed by atoms with Crippen molar-refractivity contribution >= 4 is 17.7 Å². The number of Topliss-reactive ketones (excluding diaryl/α,β-unsaturated/α-hetero) is 1. The molecule has 0 N–H and O–H groups in total. The first-order chi connectivity index (χ1) is 11.0. The summed E-state index contributed by atoms with van der Waals surface area (Å²) in [5, 5.41) is 0. The van der Waals surface area contributed by atoms with Crippen molar-refractivity contribution in [1.29, 1.82) is 0 Å². The van der Waals surface area contributed by atoms with Gasteiger partial charge in [0, 0.05) is 18.7 Å². The van der Waals surface area contributed by atoms with Crippen molar-refractivity contribution in [2.75, 3.05) is 26.8 Å². The molecule has 1 aliphatic heterocycles. The second-order valence-corrected chi connectivity index (χ2v) is 5.55. The first-order valence-corrected chi connectivity index (χ1v) is 7.60. The minimum Gasteiger partial charge on any atom is -0.484 e. The molecule has 1 aromatic carbocycles. The van der Waals surface area contributed by atoms with Gasteiger partial charge in [-0.1, -0.05) is 12.1 Å². The van der Waals surface area contributed by atoms with E-state index < -0.39 is 0 Å². The number of carbonyl (C=O) groups is 3. The van der Waals surface area contributed by atoms with Crippen molar-refractivity contribution in [2.24, 2.45) is 5.92 Å². The molecule has 2 rings (SSSR count). The number of esters is 1. The highest BCUT2D eigenvalue weighted by Gasteiger charge is 2.27. The van der Waals surface area contributed by atoms with E-state index in [0.29, 0.717) is 37.2 Å². The predicted molar refractivity (Wildman–Crippen MR) is 83.3 cm³/mol. The summed E-state index contributed by atoms with van der Waals surface area (Å²) in [5.74, 6) is -0.0182. The predicted octanol–water partition coefficient (Wildman–Crippen LogP) is 1.68. The molecule has 23 heavy (non-hydrogen) atoms. The average Bonchev–Trinajstić information content (AvgIpc) is 2.59. The number of nitrogens with zero attached hydrogens (tertiary/aromatic N) is 1. The van der Waals surface area contributed by atoms with Crippen LogP contribution in [0.2, 0.25) is 0 Å². The highest BCUT2D eigenvalue weighted by Crippen LogP contribution is 2.19. The summed E-state index contributed by atoms with van der Waals surface area (Å²) in [4.78, 5) is 36.6. The fourth-order valence-corrected chi connectivity index (χ4v) is 2.57. The lowest BCUT2D eigenvalue weighted by molar-refractivity contribution is -0.149. The van der Waals surface area contributed by atoms with Crippen molar-refractivity contribution < 1.29 is 23.9 Å². The van der Waals surface area contributed by atoms with Crippen LogP contribution in [0.3, 0.4) is 0 Å². The van der Waals surface area contributed by atoms with Crippen molar-refractivity contribution in [2.45, 2.75) is 19.8 Å². The number of methoxy groups -OCH3 is 1. The zero-order chi connectivity index (χ0) is 16.8. The van der Waals surface area contributed by atoms with Gasteiger partial charge in [-0.3, -0.25) is 14.4 Å². The molecule has 0 radical (unpaired) electrons. The lowest BCUT2D eigenvalue weighted by Gasteiger charge is -2.30. The van der Waals surface area contributed by atoms with E-state index in [1.807, 2.05) is 0 Å². The maximum Gasteiger partial charge on any atom is 0.308 e. The third-order valence-corrected chi connectivity index (χ3v) is 3.99. The molecule has 1 amide bonds. The Morgan fingerprint density at radius 2 is 1.91 bits per heavy atom. The maximum absolute atomic E-state index is 12.2. The van der Waals surface area contributed by atoms with Crippen LogP contribution in [0.5, 0.6) is 5.75 Å². The Bertz CT molecular complexity index is 590. The van der Waals surface area contributed by atoms with Crippen LogP contribution in [-0.2, 0) is 14.3 Å². The molecular weight excluding hydrogens is 298 g/mol. The molecule has 1 aromatic rings. The molecule has 1 fully saturated rings. The Morgan fingerprint density at radius 1 is 1.22 bits per heavy atom. The summed E-state index contributed by atoms with van der Waals surface area (Å²) in [6.07, 6.45) is 1.22. The molecule has 0 bridgehead atoms. The number of ketones is 1. The quantitative estimate of drug-likeness (QED) is 0.610. The van der Waals surface area contributed by atoms with Crippen LogP contribution in [0.15, 0.2) is 24.3 Å². The normalized spacial score (nSPS) is 15.1. The first-order valence-electron chi connectivity index (χ1n) is 7.60. The van der Waals surface area contributed by atoms with Crippen molar-refractivity contribution in [3.05, 3.63) is 29.8 Å². The first kappa shape index (κ1) is 17.0. The molecule has 1 saturated heterocycles. The summed E-state index contributed by atoms with van der Waals surface area (Å²) in [7, 11) is 1.38. The SMILES string of the molecule is COC(=O)C1CCN(C(=O)COc2cccc(C(C)=O)c2)CC1. The topological polar surface area (TPSA) is 72.9 Å². The van der Waals surface area contributed by atoms with Crippen LogP contribution < -0.4 is 4.74 Å². The number of benzene rings is 1. The van der Waals surface area contributed by atoms with Gasteiger partial charge in [-0.25, -0.2) is 0 Å². The van der Waals surface area contributed by atoms with Gasteiger partial charge in [0.1, 0.15) is 5.75 Å². The second kappa shape index (κ2) is 7.76. The second-order valence-electron chi connectivity index (χ2n) is 5.55. The van der Waals surface area contributed by atoms with E-state index in [2.05, 4.69) is 0 Å². The summed E-state index contributed by atoms with van der Waals surface area (Å²) >= 11 is 0. The monoisotopic (exact) mass is 319 g/mol. The van der Waals surface area contributed by atoms with Gasteiger partial charge in [0.2, 0.25) is 0 Å². The molecule has 6 nitrogen and oxygen atoms in total. The minimum atomic E-state index is -0.214. The van der Waals surface area contributed by atoms with E-state index in [9.17, 15) is 14.4 Å². The molecule has 0 aromatic heterocycles. The molecule has 0 unspecified atom stereocenters. The van der Waals surface area contributed by atoms with Crippen molar-refractivity contribution in [1.82, 2.24) is 4.90 Å². The molecule has 0 saturated carbocycles. The Labute approximate surface area is 135 Å². The van der Waals surface area contributed by atoms with Crippen LogP contribution in [0.1, 0.15) is 30.1 Å². The molecule has 1 aliphatic rings. The maximum atomic E-state index is 12.2. The Balaban J connectivity index is 1.83. The van der Waals surface area contributed by atoms with Crippen molar-refractivity contribution in [3.8, 4) is 5.75 Å². The number of likely N-dealkylation sites (tertiary alicyclic amines) is 1. The summed E-state index contributed by atoms with van der Waals surface area (Å²) in [6.45, 7) is 2.45. The summed E-state index contributed by atoms with van der Waals surface area (Å²) in [6, 6.07) is 6.76. The van der Waals surface area contributed by atoms with E-state index in [4.69, 9.17) is 9.47 Å². The Morgan fingerprint density at radius 3 is 2.52 bits per heavy atom. The summed E-state index contributed by atoms with van der Waals surface area (Å²) in [5.41, 5.74) is 0.550. The van der Waals surface area contributed by atoms with Crippen LogP contribution in [-0.4, -0.2) is 49.4 Å². The van der Waals surface area contributed by atoms with Crippen LogP contribution >= 0.6 is 0 Å². The standard InChI is InChI=1S/C17H21NO5/c1-12(19)14-4-3-5-15(10-14)23-11-16(20)18-8-6-13(7-9-18)17(21)22-2/h3-5,10,13H,6-9,11H2,1-2H3. The van der Waals surface area contributed by atoms with Gasteiger partial charge in [0.05, 0.1) is 13.0 Å². The zero-order valence-electron chi connectivity index (χ0n) is 13.4. The molecular formula is C17H21NO5. The van der Waals surface area contributed by atoms with Gasteiger partial charge in [0.15, 0.2) is 12.4 Å². The van der Waals surface area contributed by atoms with Crippen LogP contribution in [0, 0.1) is 5.92 Å². The number of hydrogen-bond donors (Lipinski definition) is 0. The average molecular weight is 319 g/mol. The van der Waals surface area contributed by atoms with E-state index >= 15 is 0 Å². The summed E-state index contributed by atoms with van der Waals surface area (Å²) < 4.78 is 10.2.